The number of rotatable bonds is 4. The summed E-state index contributed by atoms with van der Waals surface area (Å²) in [7, 11) is 1.64. The Morgan fingerprint density at radius 1 is 1.00 bits per heavy atom. The van der Waals surface area contributed by atoms with E-state index in [1.807, 2.05) is 24.3 Å². The van der Waals surface area contributed by atoms with E-state index < -0.39 is 0 Å². The second kappa shape index (κ2) is 8.11. The van der Waals surface area contributed by atoms with Crippen LogP contribution in [0.4, 0.5) is 16.2 Å². The average molecular weight is 433 g/mol. The van der Waals surface area contributed by atoms with Crippen LogP contribution in [0.3, 0.4) is 0 Å². The maximum Gasteiger partial charge on any atom is 0.228 e. The molecule has 7 nitrogen and oxygen atoms in total. The van der Waals surface area contributed by atoms with E-state index in [0.29, 0.717) is 34.4 Å². The zero-order valence-corrected chi connectivity index (χ0v) is 18.1. The number of nitrogens with two attached hydrogens (primary N) is 1. The van der Waals surface area contributed by atoms with Crippen molar-refractivity contribution in [2.24, 2.45) is 5.92 Å². The van der Waals surface area contributed by atoms with Gasteiger partial charge in [-0.2, -0.15) is 4.98 Å². The minimum Gasteiger partial charge on any atom is -0.497 e. The van der Waals surface area contributed by atoms with Gasteiger partial charge >= 0.3 is 0 Å². The molecule has 1 aliphatic rings. The molecule has 3 heterocycles. The Bertz CT molecular complexity index is 1240. The third-order valence-electron chi connectivity index (χ3n) is 6.06. The lowest BCUT2D eigenvalue weighted by Gasteiger charge is -2.30. The van der Waals surface area contributed by atoms with Gasteiger partial charge in [-0.25, -0.2) is 14.1 Å². The molecule has 5 rings (SSSR count). The Kier molecular flexibility index (Phi) is 5.13. The molecular weight excluding hydrogens is 407 g/mol. The van der Waals surface area contributed by atoms with E-state index in [1.165, 1.54) is 12.1 Å². The monoisotopic (exact) mass is 432 g/mol. The van der Waals surface area contributed by atoms with Crippen LogP contribution in [0.25, 0.3) is 28.0 Å². The van der Waals surface area contributed by atoms with Crippen LogP contribution in [0, 0.1) is 11.7 Å². The van der Waals surface area contributed by atoms with E-state index >= 15 is 0 Å². The highest BCUT2D eigenvalue weighted by Crippen LogP contribution is 2.34. The number of hydrogen-bond donors (Lipinski definition) is 1. The molecule has 0 bridgehead atoms. The molecule has 0 aliphatic carbocycles. The van der Waals surface area contributed by atoms with Crippen LogP contribution in [0.5, 0.6) is 5.75 Å². The predicted molar refractivity (Wildman–Crippen MR) is 124 cm³/mol. The van der Waals surface area contributed by atoms with Crippen molar-refractivity contribution in [2.75, 3.05) is 30.8 Å². The summed E-state index contributed by atoms with van der Waals surface area (Å²) in [5, 5.41) is 5.34. The Labute approximate surface area is 185 Å². The molecule has 0 radical (unpaired) electrons. The Balaban J connectivity index is 1.69. The van der Waals surface area contributed by atoms with E-state index in [1.54, 1.807) is 23.9 Å². The van der Waals surface area contributed by atoms with E-state index in [2.05, 4.69) is 16.9 Å². The zero-order chi connectivity index (χ0) is 22.2. The summed E-state index contributed by atoms with van der Waals surface area (Å²) in [5.74, 6) is 2.21. The van der Waals surface area contributed by atoms with Crippen LogP contribution in [-0.4, -0.2) is 39.9 Å². The number of methoxy groups -OCH3 is 1. The minimum atomic E-state index is -0.315. The third-order valence-corrected chi connectivity index (χ3v) is 6.06. The lowest BCUT2D eigenvalue weighted by Crippen LogP contribution is -2.34. The van der Waals surface area contributed by atoms with Gasteiger partial charge in [-0.3, -0.25) is 0 Å². The first kappa shape index (κ1) is 20.2. The van der Waals surface area contributed by atoms with Crippen LogP contribution in [0.2, 0.25) is 0 Å². The molecule has 0 atom stereocenters. The zero-order valence-electron chi connectivity index (χ0n) is 18.1. The first-order valence-corrected chi connectivity index (χ1v) is 10.7. The number of hydrogen-bond acceptors (Lipinski definition) is 6. The Morgan fingerprint density at radius 3 is 2.34 bits per heavy atom. The molecule has 0 amide bonds. The van der Waals surface area contributed by atoms with Crippen molar-refractivity contribution in [3.05, 3.63) is 54.3 Å². The highest BCUT2D eigenvalue weighted by atomic mass is 19.1. The van der Waals surface area contributed by atoms with Gasteiger partial charge in [-0.15, -0.1) is 5.10 Å². The topological polar surface area (TPSA) is 82.1 Å². The number of halogens is 1. The van der Waals surface area contributed by atoms with Crippen molar-refractivity contribution in [1.29, 1.82) is 0 Å². The standard InChI is InChI=1S/C24H25FN6O/c1-15-11-13-30(14-12-15)24-27-21(16-3-9-19(32-2)10-4-16)20-22(26)31(29-23(20)28-24)18-7-5-17(25)6-8-18/h3-10,15H,11-14,26H2,1-2H3. The second-order valence-corrected chi connectivity index (χ2v) is 8.24. The summed E-state index contributed by atoms with van der Waals surface area (Å²) >= 11 is 0. The molecule has 1 aliphatic heterocycles. The van der Waals surface area contributed by atoms with Gasteiger partial charge in [0.1, 0.15) is 17.4 Å². The van der Waals surface area contributed by atoms with Crippen molar-refractivity contribution >= 4 is 22.8 Å². The van der Waals surface area contributed by atoms with Gasteiger partial charge < -0.3 is 15.4 Å². The molecule has 2 aromatic heterocycles. The van der Waals surface area contributed by atoms with E-state index in [0.717, 1.165) is 42.9 Å². The fourth-order valence-corrected chi connectivity index (χ4v) is 4.09. The smallest absolute Gasteiger partial charge is 0.228 e. The summed E-state index contributed by atoms with van der Waals surface area (Å²) in [4.78, 5) is 11.9. The molecule has 0 unspecified atom stereocenters. The number of piperidine rings is 1. The van der Waals surface area contributed by atoms with Crippen molar-refractivity contribution in [1.82, 2.24) is 19.7 Å². The number of fused-ring (bicyclic) bond motifs is 1. The van der Waals surface area contributed by atoms with Gasteiger partial charge in [0, 0.05) is 18.7 Å². The third kappa shape index (κ3) is 3.62. The fraction of sp³-hybridized carbons (Fsp3) is 0.292. The maximum absolute atomic E-state index is 13.4. The van der Waals surface area contributed by atoms with Crippen molar-refractivity contribution in [3.63, 3.8) is 0 Å². The van der Waals surface area contributed by atoms with Gasteiger partial charge in [0.2, 0.25) is 5.95 Å². The minimum absolute atomic E-state index is 0.315. The van der Waals surface area contributed by atoms with E-state index in [4.69, 9.17) is 20.4 Å². The number of nitrogen functional groups attached to an aromatic ring is 1. The molecular formula is C24H25FN6O. The highest BCUT2D eigenvalue weighted by molar-refractivity contribution is 5.99. The summed E-state index contributed by atoms with van der Waals surface area (Å²) in [6.07, 6.45) is 2.21. The number of nitrogens with zero attached hydrogens (tertiary/aromatic N) is 5. The van der Waals surface area contributed by atoms with E-state index in [-0.39, 0.29) is 5.82 Å². The first-order valence-electron chi connectivity index (χ1n) is 10.7. The molecule has 1 saturated heterocycles. The van der Waals surface area contributed by atoms with Gasteiger partial charge in [-0.05, 0) is 67.3 Å². The number of ether oxygens (including phenoxy) is 1. The second-order valence-electron chi connectivity index (χ2n) is 8.24. The van der Waals surface area contributed by atoms with E-state index in [9.17, 15) is 4.39 Å². The number of anilines is 2. The Hall–Kier alpha value is -3.68. The number of aromatic nitrogens is 4. The quantitative estimate of drug-likeness (QED) is 0.513. The van der Waals surface area contributed by atoms with Gasteiger partial charge in [0.05, 0.1) is 23.9 Å². The molecule has 4 aromatic rings. The molecule has 8 heteroatoms. The summed E-state index contributed by atoms with van der Waals surface area (Å²) < 4.78 is 20.3. The molecule has 164 valence electrons. The molecule has 2 aromatic carbocycles. The van der Waals surface area contributed by atoms with Crippen LogP contribution in [0.1, 0.15) is 19.8 Å². The molecule has 0 spiro atoms. The summed E-state index contributed by atoms with van der Waals surface area (Å²) in [5.41, 5.74) is 9.33. The molecule has 0 saturated carbocycles. The van der Waals surface area contributed by atoms with Crippen LogP contribution in [0.15, 0.2) is 48.5 Å². The number of benzene rings is 2. The van der Waals surface area contributed by atoms with Crippen LogP contribution >= 0.6 is 0 Å². The molecule has 1 fully saturated rings. The lowest BCUT2D eigenvalue weighted by molar-refractivity contribution is 0.415. The highest BCUT2D eigenvalue weighted by Gasteiger charge is 2.23. The SMILES string of the molecule is COc1ccc(-c2nc(N3CCC(C)CC3)nc3nn(-c4ccc(F)cc4)c(N)c23)cc1. The molecule has 32 heavy (non-hydrogen) atoms. The van der Waals surface area contributed by atoms with Gasteiger partial charge in [0.25, 0.3) is 0 Å². The normalized spacial score (nSPS) is 14.8. The largest absolute Gasteiger partial charge is 0.497 e. The predicted octanol–water partition coefficient (Wildman–Crippen LogP) is 4.45. The van der Waals surface area contributed by atoms with Crippen LogP contribution in [-0.2, 0) is 0 Å². The van der Waals surface area contributed by atoms with Gasteiger partial charge in [0.15, 0.2) is 5.65 Å². The van der Waals surface area contributed by atoms with Crippen LogP contribution < -0.4 is 15.4 Å². The van der Waals surface area contributed by atoms with Crippen molar-refractivity contribution < 1.29 is 9.13 Å². The van der Waals surface area contributed by atoms with Crippen molar-refractivity contribution in [3.8, 4) is 22.7 Å². The van der Waals surface area contributed by atoms with Crippen molar-refractivity contribution in [2.45, 2.75) is 19.8 Å². The van der Waals surface area contributed by atoms with Gasteiger partial charge in [-0.1, -0.05) is 6.92 Å². The summed E-state index contributed by atoms with van der Waals surface area (Å²) in [6, 6.07) is 13.8. The first-order chi connectivity index (χ1) is 15.5. The molecule has 2 N–H and O–H groups in total. The average Bonchev–Trinajstić information content (AvgIpc) is 3.16. The maximum atomic E-state index is 13.4. The fourth-order valence-electron chi connectivity index (χ4n) is 4.09. The summed E-state index contributed by atoms with van der Waals surface area (Å²) in [6.45, 7) is 4.08. The Morgan fingerprint density at radius 2 is 1.69 bits per heavy atom. The lowest BCUT2D eigenvalue weighted by atomic mass is 9.99.